The molecule has 1 N–H and O–H groups in total. The van der Waals surface area contributed by atoms with E-state index in [1.807, 2.05) is 5.38 Å². The Hall–Kier alpha value is -2.54. The fraction of sp³-hybridized carbons (Fsp3) is 0.316. The van der Waals surface area contributed by atoms with Gasteiger partial charge in [0.25, 0.3) is 5.56 Å². The summed E-state index contributed by atoms with van der Waals surface area (Å²) >= 11 is 1.36. The summed E-state index contributed by atoms with van der Waals surface area (Å²) in [6.07, 6.45) is 4.47. The lowest BCUT2D eigenvalue weighted by Crippen LogP contribution is -2.32. The number of rotatable bonds is 7. The van der Waals surface area contributed by atoms with Gasteiger partial charge in [0.1, 0.15) is 17.2 Å². The summed E-state index contributed by atoms with van der Waals surface area (Å²) < 4.78 is 14.5. The van der Waals surface area contributed by atoms with Crippen molar-refractivity contribution < 1.29 is 9.18 Å². The number of hydrogen-bond acceptors (Lipinski definition) is 4. The largest absolute Gasteiger partial charge is 0.355 e. The van der Waals surface area contributed by atoms with E-state index in [1.54, 1.807) is 12.1 Å². The van der Waals surface area contributed by atoms with Crippen molar-refractivity contribution in [1.29, 1.82) is 0 Å². The first-order valence-electron chi connectivity index (χ1n) is 8.59. The highest BCUT2D eigenvalue weighted by Gasteiger charge is 2.14. The Balaban J connectivity index is 1.86. The highest BCUT2D eigenvalue weighted by Crippen LogP contribution is 2.30. The molecule has 7 heteroatoms. The number of hydrogen-bond donors (Lipinski definition) is 1. The third-order valence-electron chi connectivity index (χ3n) is 4.13. The van der Waals surface area contributed by atoms with Crippen LogP contribution in [0.25, 0.3) is 21.3 Å². The molecule has 2 heterocycles. The van der Waals surface area contributed by atoms with Gasteiger partial charge in [-0.1, -0.05) is 31.9 Å². The predicted octanol–water partition coefficient (Wildman–Crippen LogP) is 3.57. The summed E-state index contributed by atoms with van der Waals surface area (Å²) in [6.45, 7) is 2.64. The quantitative estimate of drug-likeness (QED) is 0.644. The Labute approximate surface area is 154 Å². The molecule has 1 aromatic carbocycles. The zero-order valence-electron chi connectivity index (χ0n) is 14.5. The van der Waals surface area contributed by atoms with Crippen LogP contribution in [-0.4, -0.2) is 22.0 Å². The van der Waals surface area contributed by atoms with Gasteiger partial charge in [-0.3, -0.25) is 14.2 Å². The normalized spacial score (nSPS) is 11.0. The number of fused-ring (bicyclic) bond motifs is 1. The molecule has 26 heavy (non-hydrogen) atoms. The fourth-order valence-corrected chi connectivity index (χ4v) is 3.64. The van der Waals surface area contributed by atoms with Crippen molar-refractivity contribution in [3.63, 3.8) is 0 Å². The zero-order chi connectivity index (χ0) is 18.5. The Morgan fingerprint density at radius 3 is 2.77 bits per heavy atom. The average Bonchev–Trinajstić information content (AvgIpc) is 3.07. The molecule has 0 saturated heterocycles. The SMILES string of the molecule is CCCCCNC(=O)Cn1cnc2scc(-c3ccc(F)cc3)c2c1=O. The van der Waals surface area contributed by atoms with Gasteiger partial charge in [-0.15, -0.1) is 11.3 Å². The van der Waals surface area contributed by atoms with Gasteiger partial charge in [0.05, 0.1) is 11.7 Å². The van der Waals surface area contributed by atoms with E-state index in [4.69, 9.17) is 0 Å². The molecule has 0 aliphatic carbocycles. The lowest BCUT2D eigenvalue weighted by atomic mass is 10.1. The standard InChI is InChI=1S/C19H20FN3O2S/c1-2-3-4-9-21-16(24)10-23-12-22-18-17(19(23)25)15(11-26-18)13-5-7-14(20)8-6-13/h5-8,11-12H,2-4,9-10H2,1H3,(H,21,24). The Morgan fingerprint density at radius 2 is 2.04 bits per heavy atom. The Morgan fingerprint density at radius 1 is 1.27 bits per heavy atom. The predicted molar refractivity (Wildman–Crippen MR) is 102 cm³/mol. The minimum atomic E-state index is -0.330. The first-order valence-corrected chi connectivity index (χ1v) is 9.47. The van der Waals surface area contributed by atoms with Crippen molar-refractivity contribution in [2.24, 2.45) is 0 Å². The van der Waals surface area contributed by atoms with Gasteiger partial charge in [-0.05, 0) is 24.1 Å². The van der Waals surface area contributed by atoms with Gasteiger partial charge < -0.3 is 5.32 Å². The fourth-order valence-electron chi connectivity index (χ4n) is 2.74. The summed E-state index contributed by atoms with van der Waals surface area (Å²) in [6, 6.07) is 5.98. The third kappa shape index (κ3) is 3.99. The van der Waals surface area contributed by atoms with Crippen molar-refractivity contribution >= 4 is 27.5 Å². The van der Waals surface area contributed by atoms with Crippen LogP contribution in [0.2, 0.25) is 0 Å². The second-order valence-electron chi connectivity index (χ2n) is 6.07. The van der Waals surface area contributed by atoms with Crippen LogP contribution >= 0.6 is 11.3 Å². The van der Waals surface area contributed by atoms with Crippen LogP contribution in [0.15, 0.2) is 40.8 Å². The molecule has 0 aliphatic heterocycles. The molecule has 3 aromatic rings. The number of carbonyl (C=O) groups excluding carboxylic acids is 1. The first-order chi connectivity index (χ1) is 12.6. The maximum atomic E-state index is 13.2. The number of carbonyl (C=O) groups is 1. The van der Waals surface area contributed by atoms with E-state index in [-0.39, 0.29) is 23.8 Å². The van der Waals surface area contributed by atoms with Crippen molar-refractivity contribution in [2.75, 3.05) is 6.54 Å². The number of benzene rings is 1. The molecule has 0 aliphatic rings. The molecule has 0 spiro atoms. The Kier molecular flexibility index (Phi) is 5.78. The number of unbranched alkanes of at least 4 members (excludes halogenated alkanes) is 2. The summed E-state index contributed by atoms with van der Waals surface area (Å²) in [5.74, 6) is -0.536. The summed E-state index contributed by atoms with van der Waals surface area (Å²) in [7, 11) is 0. The van der Waals surface area contributed by atoms with E-state index in [1.165, 1.54) is 34.4 Å². The maximum Gasteiger partial charge on any atom is 0.263 e. The number of amides is 1. The zero-order valence-corrected chi connectivity index (χ0v) is 15.3. The number of nitrogens with zero attached hydrogens (tertiary/aromatic N) is 2. The van der Waals surface area contributed by atoms with E-state index >= 15 is 0 Å². The minimum absolute atomic E-state index is 0.0629. The van der Waals surface area contributed by atoms with E-state index < -0.39 is 0 Å². The monoisotopic (exact) mass is 373 g/mol. The molecule has 1 amide bonds. The van der Waals surface area contributed by atoms with E-state index in [0.717, 1.165) is 24.8 Å². The van der Waals surface area contributed by atoms with E-state index in [0.29, 0.717) is 22.3 Å². The molecule has 5 nitrogen and oxygen atoms in total. The summed E-state index contributed by atoms with van der Waals surface area (Å²) in [5, 5.41) is 5.12. The molecule has 136 valence electrons. The molecule has 3 rings (SSSR count). The highest BCUT2D eigenvalue weighted by atomic mass is 32.1. The molecule has 0 bridgehead atoms. The smallest absolute Gasteiger partial charge is 0.263 e. The van der Waals surface area contributed by atoms with Crippen molar-refractivity contribution in [3.05, 3.63) is 52.1 Å². The maximum absolute atomic E-state index is 13.2. The van der Waals surface area contributed by atoms with Gasteiger partial charge in [-0.25, -0.2) is 9.37 Å². The van der Waals surface area contributed by atoms with E-state index in [9.17, 15) is 14.0 Å². The van der Waals surface area contributed by atoms with Crippen LogP contribution in [0.4, 0.5) is 4.39 Å². The molecule has 0 atom stereocenters. The second-order valence-corrected chi connectivity index (χ2v) is 6.93. The lowest BCUT2D eigenvalue weighted by Gasteiger charge is -2.07. The summed E-state index contributed by atoms with van der Waals surface area (Å²) in [5.41, 5.74) is 1.19. The molecule has 0 unspecified atom stereocenters. The van der Waals surface area contributed by atoms with Crippen molar-refractivity contribution in [3.8, 4) is 11.1 Å². The first kappa shape index (κ1) is 18.3. The van der Waals surface area contributed by atoms with Crippen LogP contribution in [0.1, 0.15) is 26.2 Å². The topological polar surface area (TPSA) is 64.0 Å². The van der Waals surface area contributed by atoms with Crippen LogP contribution in [0, 0.1) is 5.82 Å². The van der Waals surface area contributed by atoms with Crippen LogP contribution < -0.4 is 10.9 Å². The van der Waals surface area contributed by atoms with Crippen LogP contribution in [0.5, 0.6) is 0 Å². The number of halogens is 1. The van der Waals surface area contributed by atoms with Gasteiger partial charge in [0, 0.05) is 17.5 Å². The molecular formula is C19H20FN3O2S. The minimum Gasteiger partial charge on any atom is -0.355 e. The second kappa shape index (κ2) is 8.23. The molecule has 0 radical (unpaired) electrons. The van der Waals surface area contributed by atoms with Gasteiger partial charge in [0.15, 0.2) is 0 Å². The molecule has 0 saturated carbocycles. The molecule has 0 fully saturated rings. The number of thiophene rings is 1. The van der Waals surface area contributed by atoms with Crippen LogP contribution in [-0.2, 0) is 11.3 Å². The van der Waals surface area contributed by atoms with E-state index in [2.05, 4.69) is 17.2 Å². The average molecular weight is 373 g/mol. The third-order valence-corrected chi connectivity index (χ3v) is 5.02. The highest BCUT2D eigenvalue weighted by molar-refractivity contribution is 7.17. The summed E-state index contributed by atoms with van der Waals surface area (Å²) in [4.78, 5) is 29.8. The molecule has 2 aromatic heterocycles. The van der Waals surface area contributed by atoms with Gasteiger partial charge >= 0.3 is 0 Å². The number of aromatic nitrogens is 2. The Bertz CT molecular complexity index is 963. The van der Waals surface area contributed by atoms with Gasteiger partial charge in [0.2, 0.25) is 5.91 Å². The lowest BCUT2D eigenvalue weighted by molar-refractivity contribution is -0.121. The van der Waals surface area contributed by atoms with Crippen molar-refractivity contribution in [1.82, 2.24) is 14.9 Å². The van der Waals surface area contributed by atoms with Crippen LogP contribution in [0.3, 0.4) is 0 Å². The number of nitrogens with one attached hydrogen (secondary N) is 1. The van der Waals surface area contributed by atoms with Crippen molar-refractivity contribution in [2.45, 2.75) is 32.7 Å². The van der Waals surface area contributed by atoms with Gasteiger partial charge in [-0.2, -0.15) is 0 Å². The molecular weight excluding hydrogens is 353 g/mol.